The second kappa shape index (κ2) is 8.98. The van der Waals surface area contributed by atoms with Crippen LogP contribution in [0.15, 0.2) is 58.1 Å². The van der Waals surface area contributed by atoms with Gasteiger partial charge in [0.05, 0.1) is 38.8 Å². The van der Waals surface area contributed by atoms with Gasteiger partial charge < -0.3 is 19.6 Å². The Bertz CT molecular complexity index is 1100. The normalized spacial score (nSPS) is 15.3. The van der Waals surface area contributed by atoms with Crippen molar-refractivity contribution in [1.82, 2.24) is 10.4 Å². The molecule has 0 amide bonds. The number of ether oxygens (including phenoxy) is 3. The summed E-state index contributed by atoms with van der Waals surface area (Å²) in [4.78, 5) is 4.84. The molecular weight excluding hydrogens is 458 g/mol. The maximum absolute atomic E-state index is 5.47. The van der Waals surface area contributed by atoms with Crippen molar-refractivity contribution in [2.24, 2.45) is 5.10 Å². The lowest BCUT2D eigenvalue weighted by Gasteiger charge is -2.15. The molecular formula is C24H24BrN3O3. The predicted octanol–water partition coefficient (Wildman–Crippen LogP) is 5.28. The molecule has 0 saturated heterocycles. The highest BCUT2D eigenvalue weighted by Crippen LogP contribution is 2.41. The van der Waals surface area contributed by atoms with Crippen molar-refractivity contribution in [3.8, 4) is 28.5 Å². The second-order valence-electron chi connectivity index (χ2n) is 7.24. The van der Waals surface area contributed by atoms with Crippen LogP contribution in [0, 0.1) is 6.92 Å². The van der Waals surface area contributed by atoms with Crippen LogP contribution in [-0.4, -0.2) is 32.0 Å². The lowest BCUT2D eigenvalue weighted by molar-refractivity contribution is 0.324. The number of hydrazone groups is 1. The van der Waals surface area contributed by atoms with Gasteiger partial charge in [-0.3, -0.25) is 4.98 Å². The minimum absolute atomic E-state index is 0.164. The fourth-order valence-corrected chi connectivity index (χ4v) is 4.02. The fraction of sp³-hybridized carbons (Fsp3) is 0.250. The molecule has 0 radical (unpaired) electrons. The number of halogens is 1. The topological polar surface area (TPSA) is 65.0 Å². The molecule has 0 saturated carbocycles. The van der Waals surface area contributed by atoms with Gasteiger partial charge in [0.2, 0.25) is 5.75 Å². The highest BCUT2D eigenvalue weighted by atomic mass is 79.9. The third-order valence-corrected chi connectivity index (χ3v) is 5.91. The van der Waals surface area contributed by atoms with Gasteiger partial charge in [0, 0.05) is 27.7 Å². The molecule has 6 nitrogen and oxygen atoms in total. The van der Waals surface area contributed by atoms with Crippen molar-refractivity contribution in [3.05, 3.63) is 69.8 Å². The summed E-state index contributed by atoms with van der Waals surface area (Å²) in [5.41, 5.74) is 9.16. The van der Waals surface area contributed by atoms with Crippen LogP contribution in [0.2, 0.25) is 0 Å². The number of aryl methyl sites for hydroxylation is 1. The fourth-order valence-electron chi connectivity index (χ4n) is 3.75. The highest BCUT2D eigenvalue weighted by molar-refractivity contribution is 9.10. The number of methoxy groups -OCH3 is 3. The average molecular weight is 482 g/mol. The lowest BCUT2D eigenvalue weighted by Crippen LogP contribution is -2.10. The van der Waals surface area contributed by atoms with Crippen molar-refractivity contribution in [2.45, 2.75) is 19.4 Å². The van der Waals surface area contributed by atoms with Gasteiger partial charge in [0.1, 0.15) is 0 Å². The molecule has 31 heavy (non-hydrogen) atoms. The van der Waals surface area contributed by atoms with Crippen LogP contribution in [0.5, 0.6) is 17.2 Å². The number of pyridine rings is 1. The van der Waals surface area contributed by atoms with Gasteiger partial charge in [-0.05, 0) is 48.9 Å². The maximum atomic E-state index is 5.47. The van der Waals surface area contributed by atoms with Crippen LogP contribution in [0.4, 0.5) is 0 Å². The number of hydrogen-bond acceptors (Lipinski definition) is 6. The van der Waals surface area contributed by atoms with E-state index in [4.69, 9.17) is 19.2 Å². The summed E-state index contributed by atoms with van der Waals surface area (Å²) in [6.07, 6.45) is 0.813. The summed E-state index contributed by atoms with van der Waals surface area (Å²) in [7, 11) is 4.81. The first-order chi connectivity index (χ1) is 15.0. The van der Waals surface area contributed by atoms with E-state index in [1.165, 1.54) is 5.56 Å². The van der Waals surface area contributed by atoms with Crippen LogP contribution in [0.3, 0.4) is 0 Å². The Morgan fingerprint density at radius 1 is 0.935 bits per heavy atom. The van der Waals surface area contributed by atoms with E-state index in [9.17, 15) is 0 Å². The van der Waals surface area contributed by atoms with E-state index in [-0.39, 0.29) is 6.04 Å². The molecule has 160 valence electrons. The molecule has 3 aromatic rings. The summed E-state index contributed by atoms with van der Waals surface area (Å²) in [5, 5.41) is 4.59. The Labute approximate surface area is 190 Å². The van der Waals surface area contributed by atoms with Crippen molar-refractivity contribution in [2.75, 3.05) is 21.3 Å². The number of rotatable bonds is 6. The third kappa shape index (κ3) is 4.23. The van der Waals surface area contributed by atoms with Crippen molar-refractivity contribution in [3.63, 3.8) is 0 Å². The van der Waals surface area contributed by atoms with Gasteiger partial charge in [-0.2, -0.15) is 5.10 Å². The van der Waals surface area contributed by atoms with Gasteiger partial charge in [0.25, 0.3) is 0 Å². The molecule has 7 heteroatoms. The standard InChI is InChI=1S/C24H24BrN3O3/c1-14-18(21-13-20(27-28-21)15-5-7-17(25)8-6-15)9-10-19(26-14)16-11-22(29-2)24(31-4)23(12-16)30-3/h5-12,20,27H,13H2,1-4H3. The van der Waals surface area contributed by atoms with Gasteiger partial charge in [-0.25, -0.2) is 0 Å². The van der Waals surface area contributed by atoms with Crippen molar-refractivity contribution in [1.29, 1.82) is 0 Å². The van der Waals surface area contributed by atoms with Gasteiger partial charge in [0.15, 0.2) is 11.5 Å². The van der Waals surface area contributed by atoms with E-state index in [0.29, 0.717) is 17.2 Å². The van der Waals surface area contributed by atoms with E-state index in [1.54, 1.807) is 21.3 Å². The molecule has 0 aliphatic carbocycles. The van der Waals surface area contributed by atoms with E-state index < -0.39 is 0 Å². The summed E-state index contributed by atoms with van der Waals surface area (Å²) in [6, 6.07) is 16.4. The minimum atomic E-state index is 0.164. The second-order valence-corrected chi connectivity index (χ2v) is 8.16. The summed E-state index contributed by atoms with van der Waals surface area (Å²) in [5.74, 6) is 1.76. The van der Waals surface area contributed by atoms with E-state index in [2.05, 4.69) is 44.7 Å². The van der Waals surface area contributed by atoms with E-state index >= 15 is 0 Å². The monoisotopic (exact) mass is 481 g/mol. The number of aromatic nitrogens is 1. The Morgan fingerprint density at radius 2 is 1.61 bits per heavy atom. The molecule has 1 unspecified atom stereocenters. The van der Waals surface area contributed by atoms with Crippen LogP contribution < -0.4 is 19.6 Å². The van der Waals surface area contributed by atoms with Crippen LogP contribution >= 0.6 is 15.9 Å². The third-order valence-electron chi connectivity index (χ3n) is 5.38. The highest BCUT2D eigenvalue weighted by Gasteiger charge is 2.23. The van der Waals surface area contributed by atoms with E-state index in [1.807, 2.05) is 37.3 Å². The lowest BCUT2D eigenvalue weighted by atomic mass is 9.98. The molecule has 1 atom stereocenters. The summed E-state index contributed by atoms with van der Waals surface area (Å²) in [6.45, 7) is 2.01. The molecule has 1 aliphatic heterocycles. The SMILES string of the molecule is COc1cc(-c2ccc(C3=NNC(c4ccc(Br)cc4)C3)c(C)n2)cc(OC)c1OC. The predicted molar refractivity (Wildman–Crippen MR) is 125 cm³/mol. The number of nitrogens with zero attached hydrogens (tertiary/aromatic N) is 2. The van der Waals surface area contributed by atoms with Crippen LogP contribution in [0.1, 0.15) is 29.3 Å². The van der Waals surface area contributed by atoms with Gasteiger partial charge in [-0.1, -0.05) is 28.1 Å². The molecule has 1 N–H and O–H groups in total. The van der Waals surface area contributed by atoms with Crippen LogP contribution in [0.25, 0.3) is 11.3 Å². The molecule has 2 aromatic carbocycles. The molecule has 1 aromatic heterocycles. The summed E-state index contributed by atoms with van der Waals surface area (Å²) >= 11 is 3.48. The Morgan fingerprint density at radius 3 is 2.19 bits per heavy atom. The molecule has 2 heterocycles. The Kier molecular flexibility index (Phi) is 6.13. The minimum Gasteiger partial charge on any atom is -0.493 e. The smallest absolute Gasteiger partial charge is 0.203 e. The van der Waals surface area contributed by atoms with Crippen molar-refractivity contribution >= 4 is 21.6 Å². The van der Waals surface area contributed by atoms with Gasteiger partial charge in [-0.15, -0.1) is 0 Å². The average Bonchev–Trinajstić information content (AvgIpc) is 3.28. The first-order valence-corrected chi connectivity index (χ1v) is 10.7. The number of benzene rings is 2. The largest absolute Gasteiger partial charge is 0.493 e. The van der Waals surface area contributed by atoms with E-state index in [0.717, 1.165) is 39.1 Å². The first kappa shape index (κ1) is 21.2. The number of nitrogens with one attached hydrogen (secondary N) is 1. The molecule has 4 rings (SSSR count). The molecule has 0 spiro atoms. The zero-order valence-electron chi connectivity index (χ0n) is 17.9. The zero-order chi connectivity index (χ0) is 22.0. The summed E-state index contributed by atoms with van der Waals surface area (Å²) < 4.78 is 17.4. The molecule has 1 aliphatic rings. The van der Waals surface area contributed by atoms with Gasteiger partial charge >= 0.3 is 0 Å². The quantitative estimate of drug-likeness (QED) is 0.518. The Balaban J connectivity index is 1.60. The molecule has 0 bridgehead atoms. The number of hydrogen-bond donors (Lipinski definition) is 1. The molecule has 0 fully saturated rings. The first-order valence-electron chi connectivity index (χ1n) is 9.90. The zero-order valence-corrected chi connectivity index (χ0v) is 19.5. The van der Waals surface area contributed by atoms with Crippen molar-refractivity contribution < 1.29 is 14.2 Å². The van der Waals surface area contributed by atoms with Crippen LogP contribution in [-0.2, 0) is 0 Å². The maximum Gasteiger partial charge on any atom is 0.203 e. The Hall–Kier alpha value is -3.06.